The van der Waals surface area contributed by atoms with Gasteiger partial charge in [0.2, 0.25) is 0 Å². The van der Waals surface area contributed by atoms with Crippen molar-refractivity contribution in [1.29, 1.82) is 0 Å². The lowest BCUT2D eigenvalue weighted by Crippen LogP contribution is -2.54. The Morgan fingerprint density at radius 3 is 1.92 bits per heavy atom. The van der Waals surface area contributed by atoms with Gasteiger partial charge in [-0.25, -0.2) is 4.79 Å². The number of β-amino-alcohol motifs (C(OH)–C–C–N with tert-alkyl or cyclic N) is 1. The standard InChI is InChI=1S/C30H46N4O5/c1-20(2)33-25(18-26(36)34(21(3)4)28(33)38)32-16-14-31(15-17-32)19-24(35)30(8,9)39-23-12-10-22(11-13-23)27(37)29(5,6)7/h10-13,18,20-21,24,35H,14-17,19H2,1-9H3. The Morgan fingerprint density at radius 1 is 0.897 bits per heavy atom. The molecule has 0 radical (unpaired) electrons. The Bertz CT molecular complexity index is 1260. The second-order valence-electron chi connectivity index (χ2n) is 12.7. The SMILES string of the molecule is CC(C)n1c(N2CCN(CC(O)C(C)(C)Oc3ccc(C(=O)C(C)(C)C)cc3)CC2)cc(=O)n(C(C)C)c1=O. The summed E-state index contributed by atoms with van der Waals surface area (Å²) in [4.78, 5) is 42.6. The Hall–Kier alpha value is -2.91. The molecule has 216 valence electrons. The number of piperazine rings is 1. The molecule has 1 fully saturated rings. The molecule has 1 unspecified atom stereocenters. The van der Waals surface area contributed by atoms with Crippen molar-refractivity contribution in [2.45, 2.75) is 86.1 Å². The van der Waals surface area contributed by atoms with Crippen molar-refractivity contribution in [2.24, 2.45) is 5.41 Å². The first-order valence-electron chi connectivity index (χ1n) is 13.9. The van der Waals surface area contributed by atoms with Crippen molar-refractivity contribution in [3.05, 3.63) is 56.7 Å². The molecular formula is C30H46N4O5. The van der Waals surface area contributed by atoms with Crippen LogP contribution < -0.4 is 20.9 Å². The molecule has 0 spiro atoms. The minimum absolute atomic E-state index is 0.0685. The molecule has 2 heterocycles. The van der Waals surface area contributed by atoms with Crippen molar-refractivity contribution in [3.63, 3.8) is 0 Å². The summed E-state index contributed by atoms with van der Waals surface area (Å²) in [5.74, 6) is 1.31. The zero-order valence-electron chi connectivity index (χ0n) is 25.0. The van der Waals surface area contributed by atoms with Crippen molar-refractivity contribution in [3.8, 4) is 5.75 Å². The monoisotopic (exact) mass is 542 g/mol. The molecule has 1 aromatic heterocycles. The van der Waals surface area contributed by atoms with E-state index in [4.69, 9.17) is 4.74 Å². The maximum absolute atomic E-state index is 13.1. The van der Waals surface area contributed by atoms with Gasteiger partial charge in [-0.1, -0.05) is 20.8 Å². The van der Waals surface area contributed by atoms with E-state index >= 15 is 0 Å². The number of nitrogens with zero attached hydrogens (tertiary/aromatic N) is 4. The Kier molecular flexibility index (Phi) is 9.17. The summed E-state index contributed by atoms with van der Waals surface area (Å²) >= 11 is 0. The summed E-state index contributed by atoms with van der Waals surface area (Å²) in [5, 5.41) is 11.1. The predicted molar refractivity (Wildman–Crippen MR) is 155 cm³/mol. The summed E-state index contributed by atoms with van der Waals surface area (Å²) in [6.07, 6.45) is -0.760. The number of anilines is 1. The zero-order valence-corrected chi connectivity index (χ0v) is 25.0. The van der Waals surface area contributed by atoms with E-state index in [0.29, 0.717) is 49.9 Å². The number of ketones is 1. The molecule has 0 saturated carbocycles. The van der Waals surface area contributed by atoms with Gasteiger partial charge in [0.25, 0.3) is 5.56 Å². The zero-order chi connectivity index (χ0) is 29.3. The molecule has 1 aliphatic heterocycles. The number of rotatable bonds is 9. The molecule has 9 nitrogen and oxygen atoms in total. The van der Waals surface area contributed by atoms with Crippen LogP contribution in [-0.2, 0) is 0 Å². The van der Waals surface area contributed by atoms with E-state index in [9.17, 15) is 19.5 Å². The van der Waals surface area contributed by atoms with Crippen LogP contribution in [0.3, 0.4) is 0 Å². The van der Waals surface area contributed by atoms with E-state index in [1.807, 2.05) is 62.3 Å². The van der Waals surface area contributed by atoms with Crippen LogP contribution in [0.25, 0.3) is 0 Å². The number of Topliss-reactive ketones (excluding diaryl/α,β-unsaturated/α-hetero) is 1. The van der Waals surface area contributed by atoms with E-state index < -0.39 is 17.1 Å². The first kappa shape index (κ1) is 30.6. The number of aliphatic hydroxyl groups excluding tert-OH is 1. The van der Waals surface area contributed by atoms with Gasteiger partial charge in [-0.05, 0) is 65.8 Å². The molecule has 9 heteroatoms. The average Bonchev–Trinajstić information content (AvgIpc) is 2.82. The van der Waals surface area contributed by atoms with Gasteiger partial charge >= 0.3 is 5.69 Å². The summed E-state index contributed by atoms with van der Waals surface area (Å²) in [5.41, 5.74) is -1.24. The second-order valence-corrected chi connectivity index (χ2v) is 12.7. The first-order chi connectivity index (χ1) is 18.0. The highest BCUT2D eigenvalue weighted by atomic mass is 16.5. The first-order valence-corrected chi connectivity index (χ1v) is 13.9. The normalized spacial score (nSPS) is 16.2. The average molecular weight is 543 g/mol. The maximum atomic E-state index is 13.1. The third kappa shape index (κ3) is 7.00. The lowest BCUT2D eigenvalue weighted by Gasteiger charge is -2.40. The van der Waals surface area contributed by atoms with E-state index in [1.54, 1.807) is 34.9 Å². The Balaban J connectivity index is 1.64. The number of ether oxygens (including phenoxy) is 1. The number of benzene rings is 1. The lowest BCUT2D eigenvalue weighted by molar-refractivity contribution is -0.0449. The topological polar surface area (TPSA) is 97.0 Å². The predicted octanol–water partition coefficient (Wildman–Crippen LogP) is 3.74. The molecule has 0 bridgehead atoms. The maximum Gasteiger partial charge on any atom is 0.333 e. The fourth-order valence-corrected chi connectivity index (χ4v) is 4.87. The number of aromatic nitrogens is 2. The molecule has 1 atom stereocenters. The summed E-state index contributed by atoms with van der Waals surface area (Å²) in [7, 11) is 0. The van der Waals surface area contributed by atoms with Gasteiger partial charge in [-0.2, -0.15) is 0 Å². The third-order valence-corrected chi connectivity index (χ3v) is 7.29. The fraction of sp³-hybridized carbons (Fsp3) is 0.633. The van der Waals surface area contributed by atoms with E-state index in [0.717, 1.165) is 0 Å². The van der Waals surface area contributed by atoms with Gasteiger partial charge in [0.05, 0.1) is 0 Å². The molecule has 1 aromatic carbocycles. The fourth-order valence-electron chi connectivity index (χ4n) is 4.87. The second kappa shape index (κ2) is 11.7. The Morgan fingerprint density at radius 2 is 1.44 bits per heavy atom. The van der Waals surface area contributed by atoms with Crippen LogP contribution >= 0.6 is 0 Å². The molecule has 2 aromatic rings. The van der Waals surface area contributed by atoms with Crippen LogP contribution in [0.4, 0.5) is 5.82 Å². The summed E-state index contributed by atoms with van der Waals surface area (Å²) in [6.45, 7) is 20.0. The lowest BCUT2D eigenvalue weighted by atomic mass is 9.86. The molecule has 1 N–H and O–H groups in total. The minimum atomic E-state index is -0.855. The van der Waals surface area contributed by atoms with Gasteiger partial charge in [0, 0.05) is 61.9 Å². The Labute approximate surface area is 232 Å². The molecule has 0 aliphatic carbocycles. The number of hydrogen-bond acceptors (Lipinski definition) is 7. The van der Waals surface area contributed by atoms with Crippen LogP contribution in [0.5, 0.6) is 5.75 Å². The van der Waals surface area contributed by atoms with Gasteiger partial charge in [-0.15, -0.1) is 0 Å². The van der Waals surface area contributed by atoms with Crippen molar-refractivity contribution < 1.29 is 14.6 Å². The summed E-state index contributed by atoms with van der Waals surface area (Å²) < 4.78 is 9.14. The van der Waals surface area contributed by atoms with Crippen LogP contribution in [0.1, 0.15) is 84.8 Å². The largest absolute Gasteiger partial charge is 0.485 e. The molecule has 1 aliphatic rings. The molecule has 0 amide bonds. The van der Waals surface area contributed by atoms with Crippen LogP contribution in [0, 0.1) is 5.41 Å². The summed E-state index contributed by atoms with van der Waals surface area (Å²) in [6, 6.07) is 8.35. The molecule has 1 saturated heterocycles. The van der Waals surface area contributed by atoms with Gasteiger partial charge in [0.15, 0.2) is 5.78 Å². The molecule has 3 rings (SSSR count). The van der Waals surface area contributed by atoms with Crippen LogP contribution in [-0.4, -0.2) is 69.4 Å². The number of carbonyl (C=O) groups excluding carboxylic acids is 1. The highest BCUT2D eigenvalue weighted by Gasteiger charge is 2.33. The van der Waals surface area contributed by atoms with Crippen molar-refractivity contribution >= 4 is 11.6 Å². The van der Waals surface area contributed by atoms with Gasteiger partial charge < -0.3 is 14.7 Å². The van der Waals surface area contributed by atoms with E-state index in [2.05, 4.69) is 9.80 Å². The van der Waals surface area contributed by atoms with Gasteiger partial charge in [0.1, 0.15) is 23.3 Å². The third-order valence-electron chi connectivity index (χ3n) is 7.29. The molecule has 39 heavy (non-hydrogen) atoms. The van der Waals surface area contributed by atoms with E-state index in [1.165, 1.54) is 4.57 Å². The van der Waals surface area contributed by atoms with Crippen molar-refractivity contribution in [2.75, 3.05) is 37.6 Å². The van der Waals surface area contributed by atoms with E-state index in [-0.39, 0.29) is 29.1 Å². The quantitative estimate of drug-likeness (QED) is 0.482. The molecular weight excluding hydrogens is 496 g/mol. The van der Waals surface area contributed by atoms with Crippen molar-refractivity contribution in [1.82, 2.24) is 14.0 Å². The number of hydrogen-bond donors (Lipinski definition) is 1. The minimum Gasteiger partial charge on any atom is -0.485 e. The van der Waals surface area contributed by atoms with Crippen LogP contribution in [0.15, 0.2) is 39.9 Å². The highest BCUT2D eigenvalue weighted by molar-refractivity contribution is 5.99. The number of carbonyl (C=O) groups is 1. The number of aliphatic hydroxyl groups is 1. The highest BCUT2D eigenvalue weighted by Crippen LogP contribution is 2.26. The smallest absolute Gasteiger partial charge is 0.333 e. The van der Waals surface area contributed by atoms with Crippen LogP contribution in [0.2, 0.25) is 0 Å². The van der Waals surface area contributed by atoms with Gasteiger partial charge in [-0.3, -0.25) is 23.6 Å².